The lowest BCUT2D eigenvalue weighted by atomic mass is 10.0. The third-order valence-corrected chi connectivity index (χ3v) is 6.91. The average Bonchev–Trinajstić information content (AvgIpc) is 2.79. The van der Waals surface area contributed by atoms with E-state index in [4.69, 9.17) is 11.6 Å². The predicted molar refractivity (Wildman–Crippen MR) is 137 cm³/mol. The minimum absolute atomic E-state index is 0.0818. The summed E-state index contributed by atoms with van der Waals surface area (Å²) < 4.78 is 26.0. The monoisotopic (exact) mass is 498 g/mol. The van der Waals surface area contributed by atoms with Crippen LogP contribution in [0.4, 0.5) is 11.4 Å². The molecule has 0 atom stereocenters. The Morgan fingerprint density at radius 2 is 1.65 bits per heavy atom. The molecule has 0 saturated carbocycles. The van der Waals surface area contributed by atoms with E-state index in [1.54, 1.807) is 42.5 Å². The Bertz CT molecular complexity index is 1310. The van der Waals surface area contributed by atoms with Crippen LogP contribution in [0.5, 0.6) is 0 Å². The molecule has 0 bridgehead atoms. The molecule has 178 valence electrons. The van der Waals surface area contributed by atoms with Gasteiger partial charge < -0.3 is 5.32 Å². The topological polar surface area (TPSA) is 83.6 Å². The molecule has 3 aromatic rings. The Labute approximate surface area is 205 Å². The first-order valence-corrected chi connectivity index (χ1v) is 13.0. The molecule has 0 aromatic heterocycles. The molecule has 1 amide bonds. The van der Waals surface area contributed by atoms with E-state index in [0.717, 1.165) is 17.4 Å². The van der Waals surface area contributed by atoms with Gasteiger partial charge in [-0.3, -0.25) is 13.9 Å². The maximum absolute atomic E-state index is 12.9. The van der Waals surface area contributed by atoms with Crippen LogP contribution in [0.25, 0.3) is 0 Å². The fourth-order valence-corrected chi connectivity index (χ4v) is 4.65. The number of sulfonamides is 1. The van der Waals surface area contributed by atoms with Crippen LogP contribution in [0, 0.1) is 13.8 Å². The van der Waals surface area contributed by atoms with Crippen molar-refractivity contribution in [3.05, 3.63) is 94.0 Å². The van der Waals surface area contributed by atoms with E-state index < -0.39 is 10.0 Å². The lowest BCUT2D eigenvalue weighted by molar-refractivity contribution is -0.116. The van der Waals surface area contributed by atoms with Gasteiger partial charge in [-0.2, -0.15) is 0 Å². The van der Waals surface area contributed by atoms with Crippen LogP contribution in [-0.4, -0.2) is 32.9 Å². The van der Waals surface area contributed by atoms with E-state index in [-0.39, 0.29) is 24.7 Å². The minimum atomic E-state index is -3.52. The second kappa shape index (κ2) is 10.8. The number of rotatable bonds is 9. The van der Waals surface area contributed by atoms with E-state index in [9.17, 15) is 18.0 Å². The van der Waals surface area contributed by atoms with Gasteiger partial charge in [-0.1, -0.05) is 48.0 Å². The van der Waals surface area contributed by atoms with Gasteiger partial charge in [-0.15, -0.1) is 0 Å². The van der Waals surface area contributed by atoms with Crippen molar-refractivity contribution in [3.63, 3.8) is 0 Å². The number of benzene rings is 3. The standard InChI is InChI=1S/C26H27ClN2O4S/c1-18-11-13-22(16-19(18)2)29(34(3,32)33)15-7-10-25(30)28-24-14-12-21(27)17-23(24)26(31)20-8-5-4-6-9-20/h4-6,8-9,11-14,16-17H,7,10,15H2,1-3H3,(H,28,30). The zero-order valence-electron chi connectivity index (χ0n) is 19.3. The summed E-state index contributed by atoms with van der Waals surface area (Å²) in [5.74, 6) is -0.575. The number of nitrogens with one attached hydrogen (secondary N) is 1. The molecule has 3 rings (SSSR count). The number of amides is 1. The lowest BCUT2D eigenvalue weighted by Gasteiger charge is -2.23. The third kappa shape index (κ3) is 6.46. The summed E-state index contributed by atoms with van der Waals surface area (Å²) in [4.78, 5) is 25.6. The Kier molecular flexibility index (Phi) is 8.12. The van der Waals surface area contributed by atoms with Crippen LogP contribution < -0.4 is 9.62 Å². The van der Waals surface area contributed by atoms with E-state index >= 15 is 0 Å². The van der Waals surface area contributed by atoms with Crippen LogP contribution in [0.3, 0.4) is 0 Å². The Morgan fingerprint density at radius 3 is 2.29 bits per heavy atom. The molecule has 0 aliphatic heterocycles. The fourth-order valence-electron chi connectivity index (χ4n) is 3.52. The summed E-state index contributed by atoms with van der Waals surface area (Å²) in [6, 6.07) is 18.9. The molecule has 0 radical (unpaired) electrons. The van der Waals surface area contributed by atoms with Crippen molar-refractivity contribution in [2.24, 2.45) is 0 Å². The Hall–Kier alpha value is -3.16. The van der Waals surface area contributed by atoms with E-state index in [1.165, 1.54) is 10.4 Å². The van der Waals surface area contributed by atoms with Gasteiger partial charge in [-0.25, -0.2) is 8.42 Å². The van der Waals surface area contributed by atoms with Crippen LogP contribution in [-0.2, 0) is 14.8 Å². The van der Waals surface area contributed by atoms with Gasteiger partial charge in [0.05, 0.1) is 17.6 Å². The molecule has 6 nitrogen and oxygen atoms in total. The van der Waals surface area contributed by atoms with Crippen LogP contribution in [0.15, 0.2) is 66.7 Å². The molecule has 34 heavy (non-hydrogen) atoms. The van der Waals surface area contributed by atoms with Gasteiger partial charge in [0.25, 0.3) is 0 Å². The molecular formula is C26H27ClN2O4S. The molecule has 0 spiro atoms. The molecule has 3 aromatic carbocycles. The van der Waals surface area contributed by atoms with Crippen molar-refractivity contribution in [2.75, 3.05) is 22.4 Å². The number of hydrogen-bond donors (Lipinski definition) is 1. The highest BCUT2D eigenvalue weighted by Crippen LogP contribution is 2.25. The van der Waals surface area contributed by atoms with Crippen molar-refractivity contribution in [3.8, 4) is 0 Å². The maximum Gasteiger partial charge on any atom is 0.232 e. The summed E-state index contributed by atoms with van der Waals surface area (Å²) in [6.45, 7) is 4.04. The number of anilines is 2. The van der Waals surface area contributed by atoms with Crippen molar-refractivity contribution in [1.82, 2.24) is 0 Å². The molecule has 0 aliphatic carbocycles. The van der Waals surface area contributed by atoms with Crippen LogP contribution in [0.2, 0.25) is 5.02 Å². The first-order chi connectivity index (χ1) is 16.1. The van der Waals surface area contributed by atoms with Gasteiger partial charge in [0.1, 0.15) is 0 Å². The van der Waals surface area contributed by atoms with E-state index in [2.05, 4.69) is 5.32 Å². The quantitative estimate of drug-likeness (QED) is 0.402. The number of aryl methyl sites for hydroxylation is 2. The van der Waals surface area contributed by atoms with Crippen LogP contribution in [0.1, 0.15) is 39.9 Å². The molecule has 0 aliphatic rings. The summed E-state index contributed by atoms with van der Waals surface area (Å²) in [7, 11) is -3.52. The molecule has 0 heterocycles. The van der Waals surface area contributed by atoms with Gasteiger partial charge >= 0.3 is 0 Å². The van der Waals surface area contributed by atoms with Gasteiger partial charge in [0.15, 0.2) is 5.78 Å². The molecule has 0 saturated heterocycles. The molecule has 8 heteroatoms. The second-order valence-corrected chi connectivity index (χ2v) is 10.5. The molecule has 0 fully saturated rings. The number of nitrogens with zero attached hydrogens (tertiary/aromatic N) is 1. The highest BCUT2D eigenvalue weighted by molar-refractivity contribution is 7.92. The van der Waals surface area contributed by atoms with E-state index in [0.29, 0.717) is 33.9 Å². The molecule has 1 N–H and O–H groups in total. The summed E-state index contributed by atoms with van der Waals surface area (Å²) in [6.07, 6.45) is 1.54. The van der Waals surface area contributed by atoms with Gasteiger partial charge in [-0.05, 0) is 61.7 Å². The summed E-state index contributed by atoms with van der Waals surface area (Å²) in [5, 5.41) is 3.15. The van der Waals surface area contributed by atoms with Gasteiger partial charge in [0.2, 0.25) is 15.9 Å². The van der Waals surface area contributed by atoms with Crippen LogP contribution >= 0.6 is 11.6 Å². The Balaban J connectivity index is 1.70. The first kappa shape index (κ1) is 25.5. The summed E-state index contributed by atoms with van der Waals surface area (Å²) >= 11 is 6.10. The predicted octanol–water partition coefficient (Wildman–Crippen LogP) is 5.37. The number of carbonyl (C=O) groups is 2. The van der Waals surface area contributed by atoms with Crippen molar-refractivity contribution in [1.29, 1.82) is 0 Å². The number of carbonyl (C=O) groups excluding carboxylic acids is 2. The third-order valence-electron chi connectivity index (χ3n) is 5.48. The lowest BCUT2D eigenvalue weighted by Crippen LogP contribution is -2.31. The number of halogens is 1. The fraction of sp³-hybridized carbons (Fsp3) is 0.231. The average molecular weight is 499 g/mol. The van der Waals surface area contributed by atoms with Crippen molar-refractivity contribution < 1.29 is 18.0 Å². The van der Waals surface area contributed by atoms with Crippen molar-refractivity contribution in [2.45, 2.75) is 26.7 Å². The first-order valence-electron chi connectivity index (χ1n) is 10.8. The highest BCUT2D eigenvalue weighted by Gasteiger charge is 2.19. The molecular weight excluding hydrogens is 472 g/mol. The largest absolute Gasteiger partial charge is 0.325 e. The number of ketones is 1. The SMILES string of the molecule is Cc1ccc(N(CCCC(=O)Nc2ccc(Cl)cc2C(=O)c2ccccc2)S(C)(=O)=O)cc1C. The second-order valence-electron chi connectivity index (χ2n) is 8.14. The maximum atomic E-state index is 12.9. The smallest absolute Gasteiger partial charge is 0.232 e. The van der Waals surface area contributed by atoms with Crippen molar-refractivity contribution >= 4 is 44.7 Å². The van der Waals surface area contributed by atoms with E-state index in [1.807, 2.05) is 32.0 Å². The van der Waals surface area contributed by atoms with Gasteiger partial charge in [0, 0.05) is 29.1 Å². The minimum Gasteiger partial charge on any atom is -0.325 e. The zero-order chi connectivity index (χ0) is 24.9. The Morgan fingerprint density at radius 1 is 0.941 bits per heavy atom. The summed E-state index contributed by atoms with van der Waals surface area (Å²) in [5.41, 5.74) is 3.76. The normalized spacial score (nSPS) is 11.2. The molecule has 0 unspecified atom stereocenters. The highest BCUT2D eigenvalue weighted by atomic mass is 35.5. The zero-order valence-corrected chi connectivity index (χ0v) is 20.9. The number of hydrogen-bond acceptors (Lipinski definition) is 4.